The molecule has 0 saturated carbocycles. The van der Waals surface area contributed by atoms with Crippen LogP contribution >= 0.6 is 0 Å². The molecule has 0 saturated heterocycles. The number of urea groups is 1. The summed E-state index contributed by atoms with van der Waals surface area (Å²) in [5, 5.41) is 14.9. The molecule has 1 aromatic heterocycles. The second-order valence-corrected chi connectivity index (χ2v) is 7.97. The van der Waals surface area contributed by atoms with Gasteiger partial charge in [-0.3, -0.25) is 10.1 Å². The van der Waals surface area contributed by atoms with Crippen LogP contribution in [0.5, 0.6) is 5.75 Å². The molecule has 0 spiro atoms. The Balaban J connectivity index is 1.60. The summed E-state index contributed by atoms with van der Waals surface area (Å²) in [6, 6.07) is 13.5. The van der Waals surface area contributed by atoms with Gasteiger partial charge in [0.1, 0.15) is 5.75 Å². The normalized spacial score (nSPS) is 13.5. The van der Waals surface area contributed by atoms with E-state index in [9.17, 15) is 19.5 Å². The van der Waals surface area contributed by atoms with E-state index in [0.29, 0.717) is 35.9 Å². The standard InChI is InChI=1S/C26H25N3O5/c1-2-13-27-26(33)29-22(31)15-34-25(32)23-19-5-3-4-6-21(19)28-24-17(9-12-20(23)24)14-16-7-10-18(30)11-8-16/h3-8,10-11,14,30H,2,9,12-13,15H2,1H3,(H2,27,29,31,33). The van der Waals surface area contributed by atoms with Crippen LogP contribution in [0.2, 0.25) is 0 Å². The van der Waals surface area contributed by atoms with E-state index in [1.54, 1.807) is 18.2 Å². The summed E-state index contributed by atoms with van der Waals surface area (Å²) >= 11 is 0. The van der Waals surface area contributed by atoms with E-state index in [1.807, 2.05) is 43.3 Å². The Bertz CT molecular complexity index is 1280. The Morgan fingerprint density at radius 1 is 1.09 bits per heavy atom. The molecule has 3 amide bonds. The molecule has 174 valence electrons. The number of para-hydroxylation sites is 1. The zero-order valence-electron chi connectivity index (χ0n) is 18.8. The smallest absolute Gasteiger partial charge is 0.339 e. The van der Waals surface area contributed by atoms with E-state index >= 15 is 0 Å². The van der Waals surface area contributed by atoms with Crippen molar-refractivity contribution in [3.05, 3.63) is 70.9 Å². The number of phenols is 1. The number of carbonyl (C=O) groups excluding carboxylic acids is 3. The highest BCUT2D eigenvalue weighted by molar-refractivity contribution is 6.08. The number of aromatic nitrogens is 1. The van der Waals surface area contributed by atoms with Gasteiger partial charge in [-0.15, -0.1) is 0 Å². The molecule has 0 bridgehead atoms. The van der Waals surface area contributed by atoms with E-state index in [-0.39, 0.29) is 5.75 Å². The van der Waals surface area contributed by atoms with Gasteiger partial charge in [0.15, 0.2) is 6.61 Å². The highest BCUT2D eigenvalue weighted by Gasteiger charge is 2.28. The lowest BCUT2D eigenvalue weighted by Gasteiger charge is -2.12. The Hall–Kier alpha value is -4.20. The quantitative estimate of drug-likeness (QED) is 0.483. The molecule has 8 heteroatoms. The van der Waals surface area contributed by atoms with E-state index in [0.717, 1.165) is 28.8 Å². The van der Waals surface area contributed by atoms with Gasteiger partial charge in [-0.05, 0) is 60.2 Å². The Labute approximate surface area is 196 Å². The van der Waals surface area contributed by atoms with Gasteiger partial charge in [-0.25, -0.2) is 14.6 Å². The maximum Gasteiger partial charge on any atom is 0.339 e. The van der Waals surface area contributed by atoms with Crippen molar-refractivity contribution in [1.82, 2.24) is 15.6 Å². The lowest BCUT2D eigenvalue weighted by atomic mass is 10.0. The van der Waals surface area contributed by atoms with Crippen LogP contribution in [0, 0.1) is 0 Å². The minimum atomic E-state index is -0.704. The van der Waals surface area contributed by atoms with E-state index in [4.69, 9.17) is 9.72 Å². The first kappa shape index (κ1) is 23.0. The molecule has 8 nitrogen and oxygen atoms in total. The van der Waals surface area contributed by atoms with Crippen molar-refractivity contribution in [2.24, 2.45) is 0 Å². The summed E-state index contributed by atoms with van der Waals surface area (Å²) in [6.45, 7) is 1.76. The maximum atomic E-state index is 13.1. The average molecular weight is 460 g/mol. The van der Waals surface area contributed by atoms with E-state index in [2.05, 4.69) is 10.6 Å². The fourth-order valence-corrected chi connectivity index (χ4v) is 3.93. The third-order valence-electron chi connectivity index (χ3n) is 5.50. The van der Waals surface area contributed by atoms with Crippen molar-refractivity contribution in [1.29, 1.82) is 0 Å². The second kappa shape index (κ2) is 10.2. The molecular weight excluding hydrogens is 434 g/mol. The van der Waals surface area contributed by atoms with Gasteiger partial charge in [-0.2, -0.15) is 0 Å². The number of hydrogen-bond donors (Lipinski definition) is 3. The number of imide groups is 1. The molecule has 1 aliphatic carbocycles. The molecule has 4 rings (SSSR count). The Kier molecular flexibility index (Phi) is 6.87. The summed E-state index contributed by atoms with van der Waals surface area (Å²) in [5.41, 5.74) is 4.42. The molecule has 3 N–H and O–H groups in total. The number of amides is 3. The molecule has 0 unspecified atom stereocenters. The molecule has 0 aliphatic heterocycles. The molecule has 1 heterocycles. The predicted octanol–water partition coefficient (Wildman–Crippen LogP) is 3.82. The number of fused-ring (bicyclic) bond motifs is 2. The molecule has 0 radical (unpaired) electrons. The van der Waals surface area contributed by atoms with Crippen LogP contribution in [0.3, 0.4) is 0 Å². The summed E-state index contributed by atoms with van der Waals surface area (Å²) in [7, 11) is 0. The number of nitrogens with zero attached hydrogens (tertiary/aromatic N) is 1. The van der Waals surface area contributed by atoms with Gasteiger partial charge in [0, 0.05) is 11.9 Å². The van der Waals surface area contributed by atoms with Gasteiger partial charge in [0.25, 0.3) is 5.91 Å². The molecule has 1 aliphatic rings. The first-order valence-corrected chi connectivity index (χ1v) is 11.1. The average Bonchev–Trinajstić information content (AvgIpc) is 3.23. The number of hydrogen-bond acceptors (Lipinski definition) is 6. The fourth-order valence-electron chi connectivity index (χ4n) is 3.93. The Morgan fingerprint density at radius 2 is 1.85 bits per heavy atom. The van der Waals surface area contributed by atoms with Crippen LogP contribution in [0.15, 0.2) is 48.5 Å². The monoisotopic (exact) mass is 459 g/mol. The Morgan fingerprint density at radius 3 is 2.62 bits per heavy atom. The summed E-state index contributed by atoms with van der Waals surface area (Å²) in [4.78, 5) is 41.6. The van der Waals surface area contributed by atoms with Crippen molar-refractivity contribution in [2.45, 2.75) is 26.2 Å². The number of pyridine rings is 1. The van der Waals surface area contributed by atoms with Crippen LogP contribution < -0.4 is 10.6 Å². The van der Waals surface area contributed by atoms with Crippen LogP contribution in [0.1, 0.15) is 46.9 Å². The topological polar surface area (TPSA) is 118 Å². The zero-order valence-corrected chi connectivity index (χ0v) is 18.8. The van der Waals surface area contributed by atoms with Crippen molar-refractivity contribution in [3.8, 4) is 5.75 Å². The van der Waals surface area contributed by atoms with E-state index < -0.39 is 24.5 Å². The van der Waals surface area contributed by atoms with E-state index in [1.165, 1.54) is 0 Å². The molecule has 2 aromatic carbocycles. The minimum Gasteiger partial charge on any atom is -0.508 e. The van der Waals surface area contributed by atoms with Crippen LogP contribution in [0.4, 0.5) is 4.79 Å². The third-order valence-corrected chi connectivity index (χ3v) is 5.50. The summed E-state index contributed by atoms with van der Waals surface area (Å²) < 4.78 is 5.29. The summed E-state index contributed by atoms with van der Waals surface area (Å²) in [6.07, 6.45) is 4.02. The molecule has 3 aromatic rings. The molecule has 0 fully saturated rings. The van der Waals surface area contributed by atoms with Gasteiger partial charge >= 0.3 is 12.0 Å². The molecule has 0 atom stereocenters. The number of aromatic hydroxyl groups is 1. The van der Waals surface area contributed by atoms with Crippen LogP contribution in [-0.4, -0.2) is 41.1 Å². The highest BCUT2D eigenvalue weighted by Crippen LogP contribution is 2.37. The van der Waals surface area contributed by atoms with Gasteiger partial charge < -0.3 is 15.2 Å². The van der Waals surface area contributed by atoms with Gasteiger partial charge in [0.05, 0.1) is 16.8 Å². The lowest BCUT2D eigenvalue weighted by Crippen LogP contribution is -2.41. The maximum absolute atomic E-state index is 13.1. The van der Waals surface area contributed by atoms with Gasteiger partial charge in [-0.1, -0.05) is 37.3 Å². The number of benzene rings is 2. The molecule has 34 heavy (non-hydrogen) atoms. The molecular formula is C26H25N3O5. The first-order chi connectivity index (χ1) is 16.5. The largest absolute Gasteiger partial charge is 0.508 e. The number of allylic oxidation sites excluding steroid dienone is 1. The minimum absolute atomic E-state index is 0.190. The van der Waals surface area contributed by atoms with Crippen molar-refractivity contribution in [2.75, 3.05) is 13.2 Å². The summed E-state index contributed by atoms with van der Waals surface area (Å²) in [5.74, 6) is -1.15. The number of phenolic OH excluding ortho intramolecular Hbond substituents is 1. The number of esters is 1. The number of ether oxygens (including phenoxy) is 1. The van der Waals surface area contributed by atoms with Gasteiger partial charge in [0.2, 0.25) is 0 Å². The third kappa shape index (κ3) is 5.06. The van der Waals surface area contributed by atoms with Crippen molar-refractivity contribution >= 4 is 40.5 Å². The highest BCUT2D eigenvalue weighted by atomic mass is 16.5. The SMILES string of the molecule is CCCNC(=O)NC(=O)COC(=O)c1c2c(nc3ccccc13)C(=Cc1ccc(O)cc1)CC2. The number of rotatable bonds is 6. The number of nitrogens with one attached hydrogen (secondary N) is 2. The van der Waals surface area contributed by atoms with Crippen LogP contribution in [0.25, 0.3) is 22.6 Å². The first-order valence-electron chi connectivity index (χ1n) is 11.1. The van der Waals surface area contributed by atoms with Crippen molar-refractivity contribution in [3.63, 3.8) is 0 Å². The zero-order chi connectivity index (χ0) is 24.1. The lowest BCUT2D eigenvalue weighted by molar-refractivity contribution is -0.123. The number of carbonyl (C=O) groups is 3. The second-order valence-electron chi connectivity index (χ2n) is 7.97. The fraction of sp³-hybridized carbons (Fsp3) is 0.231. The predicted molar refractivity (Wildman–Crippen MR) is 128 cm³/mol. The van der Waals surface area contributed by atoms with Crippen LogP contribution in [-0.2, 0) is 16.0 Å². The van der Waals surface area contributed by atoms with Crippen molar-refractivity contribution < 1.29 is 24.2 Å².